The summed E-state index contributed by atoms with van der Waals surface area (Å²) in [6, 6.07) is 6.84. The summed E-state index contributed by atoms with van der Waals surface area (Å²) in [5.41, 5.74) is 2.70. The van der Waals surface area contributed by atoms with Crippen LogP contribution in [0, 0.1) is 11.2 Å². The minimum absolute atomic E-state index is 0.164. The summed E-state index contributed by atoms with van der Waals surface area (Å²) in [6.45, 7) is 5.48. The highest BCUT2D eigenvalue weighted by atomic mass is 19.1. The van der Waals surface area contributed by atoms with Gasteiger partial charge in [-0.25, -0.2) is 8.78 Å². The summed E-state index contributed by atoms with van der Waals surface area (Å²) in [5, 5.41) is 0. The van der Waals surface area contributed by atoms with E-state index in [4.69, 9.17) is 0 Å². The molecular formula is C24H32F2. The van der Waals surface area contributed by atoms with Crippen molar-refractivity contribution in [2.24, 2.45) is 5.41 Å². The van der Waals surface area contributed by atoms with Crippen LogP contribution in [-0.4, -0.2) is 0 Å². The molecule has 0 spiro atoms. The molecule has 0 unspecified atom stereocenters. The molecule has 0 saturated heterocycles. The average Bonchev–Trinajstić information content (AvgIpc) is 2.62. The fourth-order valence-electron chi connectivity index (χ4n) is 3.93. The predicted octanol–water partition coefficient (Wildman–Crippen LogP) is 7.86. The van der Waals surface area contributed by atoms with Gasteiger partial charge in [-0.3, -0.25) is 0 Å². The number of aryl methyl sites for hydroxylation is 1. The molecule has 1 fully saturated rings. The molecule has 0 bridgehead atoms. The highest BCUT2D eigenvalue weighted by Crippen LogP contribution is 2.50. The van der Waals surface area contributed by atoms with Gasteiger partial charge in [-0.2, -0.15) is 0 Å². The lowest BCUT2D eigenvalue weighted by Gasteiger charge is -2.43. The zero-order valence-corrected chi connectivity index (χ0v) is 16.1. The van der Waals surface area contributed by atoms with E-state index in [1.54, 1.807) is 6.08 Å². The number of hydrogen-bond donors (Lipinski definition) is 0. The monoisotopic (exact) mass is 358 g/mol. The first kappa shape index (κ1) is 20.6. The van der Waals surface area contributed by atoms with E-state index in [1.807, 2.05) is 25.1 Å². The largest absolute Gasteiger partial charge is 0.207 e. The number of benzene rings is 1. The van der Waals surface area contributed by atoms with Gasteiger partial charge in [0.25, 0.3) is 0 Å². The highest BCUT2D eigenvalue weighted by molar-refractivity contribution is 5.26. The van der Waals surface area contributed by atoms with E-state index < -0.39 is 0 Å². The lowest BCUT2D eigenvalue weighted by molar-refractivity contribution is 0.116. The predicted molar refractivity (Wildman–Crippen MR) is 107 cm³/mol. The van der Waals surface area contributed by atoms with Crippen LogP contribution in [0.25, 0.3) is 0 Å². The van der Waals surface area contributed by atoms with Crippen LogP contribution < -0.4 is 0 Å². The van der Waals surface area contributed by atoms with Crippen LogP contribution in [0.3, 0.4) is 0 Å². The molecule has 0 aliphatic heterocycles. The summed E-state index contributed by atoms with van der Waals surface area (Å²) in [6.07, 6.45) is 16.9. The first-order valence-corrected chi connectivity index (χ1v) is 9.96. The molecule has 1 aromatic carbocycles. The van der Waals surface area contributed by atoms with Crippen LogP contribution in [0.5, 0.6) is 0 Å². The van der Waals surface area contributed by atoms with E-state index in [0.29, 0.717) is 5.41 Å². The number of allylic oxidation sites excluding steroid dienone is 5. The quantitative estimate of drug-likeness (QED) is 0.279. The summed E-state index contributed by atoms with van der Waals surface area (Å²) in [5.74, 6) is -0.406. The first-order chi connectivity index (χ1) is 12.6. The molecule has 1 aliphatic rings. The summed E-state index contributed by atoms with van der Waals surface area (Å²) < 4.78 is 26.4. The van der Waals surface area contributed by atoms with Crippen LogP contribution in [0.1, 0.15) is 70.3 Å². The SMILES string of the molecule is C=C/C(F)=C\C(=C/C)CC1(CCCCCCc2ccc(F)cc2)CCC1. The average molecular weight is 359 g/mol. The Morgan fingerprint density at radius 3 is 2.38 bits per heavy atom. The molecule has 0 amide bonds. The Labute approximate surface area is 157 Å². The smallest absolute Gasteiger partial charge is 0.123 e. The van der Waals surface area contributed by atoms with Crippen molar-refractivity contribution in [3.05, 3.63) is 71.9 Å². The van der Waals surface area contributed by atoms with Gasteiger partial charge in [-0.05, 0) is 86.3 Å². The fraction of sp³-hybridized carbons (Fsp3) is 0.500. The minimum Gasteiger partial charge on any atom is -0.207 e. The molecule has 0 radical (unpaired) electrons. The number of hydrogen-bond acceptors (Lipinski definition) is 0. The maximum absolute atomic E-state index is 13.5. The van der Waals surface area contributed by atoms with E-state index in [-0.39, 0.29) is 11.6 Å². The van der Waals surface area contributed by atoms with Crippen molar-refractivity contribution < 1.29 is 8.78 Å². The van der Waals surface area contributed by atoms with Crippen molar-refractivity contribution in [3.8, 4) is 0 Å². The number of halogens is 2. The second-order valence-corrected chi connectivity index (χ2v) is 7.67. The fourth-order valence-corrected chi connectivity index (χ4v) is 3.93. The van der Waals surface area contributed by atoms with Crippen LogP contribution >= 0.6 is 0 Å². The third kappa shape index (κ3) is 6.55. The Morgan fingerprint density at radius 2 is 1.81 bits per heavy atom. The zero-order valence-electron chi connectivity index (χ0n) is 16.1. The van der Waals surface area contributed by atoms with Gasteiger partial charge >= 0.3 is 0 Å². The van der Waals surface area contributed by atoms with Crippen LogP contribution in [0.15, 0.2) is 60.5 Å². The molecule has 1 aromatic rings. The Balaban J connectivity index is 1.69. The molecule has 1 aliphatic carbocycles. The molecule has 0 nitrogen and oxygen atoms in total. The van der Waals surface area contributed by atoms with Gasteiger partial charge in [-0.1, -0.05) is 50.5 Å². The van der Waals surface area contributed by atoms with Crippen molar-refractivity contribution in [1.29, 1.82) is 0 Å². The van der Waals surface area contributed by atoms with Gasteiger partial charge < -0.3 is 0 Å². The Hall–Kier alpha value is -1.70. The van der Waals surface area contributed by atoms with Gasteiger partial charge in [0.05, 0.1) is 0 Å². The van der Waals surface area contributed by atoms with E-state index in [1.165, 1.54) is 68.7 Å². The molecule has 0 N–H and O–H groups in total. The molecule has 0 heterocycles. The normalized spacial score (nSPS) is 17.0. The van der Waals surface area contributed by atoms with E-state index in [2.05, 4.69) is 6.58 Å². The topological polar surface area (TPSA) is 0 Å². The Bertz CT molecular complexity index is 618. The lowest BCUT2D eigenvalue weighted by atomic mass is 9.62. The molecule has 142 valence electrons. The van der Waals surface area contributed by atoms with Crippen LogP contribution in [0.2, 0.25) is 0 Å². The van der Waals surface area contributed by atoms with E-state index in [9.17, 15) is 8.78 Å². The molecule has 0 aromatic heterocycles. The Kier molecular flexibility index (Phi) is 8.28. The van der Waals surface area contributed by atoms with E-state index >= 15 is 0 Å². The molecule has 2 heteroatoms. The van der Waals surface area contributed by atoms with E-state index in [0.717, 1.165) is 24.8 Å². The molecule has 2 rings (SSSR count). The number of rotatable bonds is 11. The van der Waals surface area contributed by atoms with Crippen molar-refractivity contribution >= 4 is 0 Å². The third-order valence-electron chi connectivity index (χ3n) is 5.72. The molecule has 0 atom stereocenters. The van der Waals surface area contributed by atoms with Gasteiger partial charge in [-0.15, -0.1) is 0 Å². The van der Waals surface area contributed by atoms with Gasteiger partial charge in [0.1, 0.15) is 11.6 Å². The zero-order chi connectivity index (χ0) is 18.8. The van der Waals surface area contributed by atoms with Crippen molar-refractivity contribution in [2.75, 3.05) is 0 Å². The molecule has 26 heavy (non-hydrogen) atoms. The summed E-state index contributed by atoms with van der Waals surface area (Å²) in [4.78, 5) is 0. The maximum Gasteiger partial charge on any atom is 0.123 e. The standard InChI is InChI=1S/C24H32F2/c1-3-20(18-22(25)4-2)19-24(16-9-17-24)15-8-6-5-7-10-21-11-13-23(26)14-12-21/h3-4,11-14,18H,2,5-10,15-17,19H2,1H3/b20-3+,22-18+. The molecular weight excluding hydrogens is 326 g/mol. The van der Waals surface area contributed by atoms with Gasteiger partial charge in [0.2, 0.25) is 0 Å². The summed E-state index contributed by atoms with van der Waals surface area (Å²) in [7, 11) is 0. The summed E-state index contributed by atoms with van der Waals surface area (Å²) >= 11 is 0. The lowest BCUT2D eigenvalue weighted by Crippen LogP contribution is -2.29. The van der Waals surface area contributed by atoms with Crippen molar-refractivity contribution in [3.63, 3.8) is 0 Å². The second-order valence-electron chi connectivity index (χ2n) is 7.67. The van der Waals surface area contributed by atoms with Crippen molar-refractivity contribution in [2.45, 2.75) is 71.1 Å². The van der Waals surface area contributed by atoms with Gasteiger partial charge in [0.15, 0.2) is 0 Å². The van der Waals surface area contributed by atoms with Crippen LogP contribution in [0.4, 0.5) is 8.78 Å². The highest BCUT2D eigenvalue weighted by Gasteiger charge is 2.36. The second kappa shape index (κ2) is 10.4. The molecule has 1 saturated carbocycles. The number of unbranched alkanes of at least 4 members (excludes halogenated alkanes) is 3. The minimum atomic E-state index is -0.242. The first-order valence-electron chi connectivity index (χ1n) is 9.96. The van der Waals surface area contributed by atoms with Crippen LogP contribution in [-0.2, 0) is 6.42 Å². The third-order valence-corrected chi connectivity index (χ3v) is 5.72. The maximum atomic E-state index is 13.5. The van der Waals surface area contributed by atoms with Crippen molar-refractivity contribution in [1.82, 2.24) is 0 Å². The Morgan fingerprint density at radius 1 is 1.12 bits per heavy atom. The van der Waals surface area contributed by atoms with Gasteiger partial charge in [0, 0.05) is 0 Å².